The number of hydrogen-bond donors (Lipinski definition) is 2. The summed E-state index contributed by atoms with van der Waals surface area (Å²) in [4.78, 5) is 7.52. The molecule has 1 aliphatic rings. The summed E-state index contributed by atoms with van der Waals surface area (Å²) in [6.07, 6.45) is 1.91. The fraction of sp³-hybridized carbons (Fsp3) is 0.231. The largest absolute Gasteiger partial charge is 0.369 e. The van der Waals surface area contributed by atoms with E-state index in [4.69, 9.17) is 12.2 Å². The molecule has 86 valence electrons. The summed E-state index contributed by atoms with van der Waals surface area (Å²) in [5.41, 5.74) is 3.76. The highest BCUT2D eigenvalue weighted by atomic mass is 32.1. The van der Waals surface area contributed by atoms with E-state index in [9.17, 15) is 0 Å². The van der Waals surface area contributed by atoms with Gasteiger partial charge in [-0.3, -0.25) is 0 Å². The lowest BCUT2D eigenvalue weighted by molar-refractivity contribution is 0.971. The Morgan fingerprint density at radius 3 is 2.88 bits per heavy atom. The van der Waals surface area contributed by atoms with Gasteiger partial charge in [0.25, 0.3) is 0 Å². The number of benzene rings is 1. The van der Waals surface area contributed by atoms with Crippen LogP contribution in [0, 0.1) is 4.77 Å². The number of aromatic amines is 1. The lowest BCUT2D eigenvalue weighted by Gasteiger charge is -2.07. The van der Waals surface area contributed by atoms with E-state index in [-0.39, 0.29) is 0 Å². The van der Waals surface area contributed by atoms with Crippen LogP contribution in [0.2, 0.25) is 0 Å². The van der Waals surface area contributed by atoms with Crippen molar-refractivity contribution in [2.75, 3.05) is 11.9 Å². The first-order chi connectivity index (χ1) is 8.33. The standard InChI is InChI=1S/C13H13N3S/c17-13-15-11(8-9-4-2-1-3-5-9)10-6-7-14-12(10)16-13/h1-5H,6-8H2,(H2,14,15,16,17). The summed E-state index contributed by atoms with van der Waals surface area (Å²) in [5, 5.41) is 3.27. The number of rotatable bonds is 2. The van der Waals surface area contributed by atoms with Crippen LogP contribution < -0.4 is 5.32 Å². The first kappa shape index (κ1) is 10.5. The number of anilines is 1. The quantitative estimate of drug-likeness (QED) is 0.797. The van der Waals surface area contributed by atoms with Crippen LogP contribution in [-0.4, -0.2) is 16.5 Å². The van der Waals surface area contributed by atoms with Gasteiger partial charge >= 0.3 is 0 Å². The molecule has 1 aromatic carbocycles. The molecule has 17 heavy (non-hydrogen) atoms. The molecule has 3 nitrogen and oxygen atoms in total. The summed E-state index contributed by atoms with van der Waals surface area (Å²) in [5.74, 6) is 0.958. The molecule has 2 heterocycles. The van der Waals surface area contributed by atoms with E-state index in [0.29, 0.717) is 4.77 Å². The van der Waals surface area contributed by atoms with Crippen LogP contribution in [0.4, 0.5) is 5.82 Å². The molecular formula is C13H13N3S. The molecule has 3 rings (SSSR count). The molecular weight excluding hydrogens is 230 g/mol. The van der Waals surface area contributed by atoms with Crippen molar-refractivity contribution in [2.24, 2.45) is 0 Å². The first-order valence-electron chi connectivity index (χ1n) is 5.73. The zero-order valence-corrected chi connectivity index (χ0v) is 10.2. The van der Waals surface area contributed by atoms with Crippen molar-refractivity contribution >= 4 is 18.0 Å². The SMILES string of the molecule is S=c1nc2c(c(Cc3ccccc3)[nH]1)CCN2. The summed E-state index contributed by atoms with van der Waals surface area (Å²) in [6, 6.07) is 10.4. The summed E-state index contributed by atoms with van der Waals surface area (Å²) in [6.45, 7) is 0.955. The third-order valence-electron chi connectivity index (χ3n) is 3.01. The predicted molar refractivity (Wildman–Crippen MR) is 70.9 cm³/mol. The van der Waals surface area contributed by atoms with Gasteiger partial charge in [-0.1, -0.05) is 30.3 Å². The Morgan fingerprint density at radius 2 is 2.06 bits per heavy atom. The molecule has 0 amide bonds. The summed E-state index contributed by atoms with van der Waals surface area (Å²) >= 11 is 5.15. The van der Waals surface area contributed by atoms with E-state index < -0.39 is 0 Å². The molecule has 2 aromatic rings. The lowest BCUT2D eigenvalue weighted by atomic mass is 10.1. The van der Waals surface area contributed by atoms with Crippen molar-refractivity contribution in [2.45, 2.75) is 12.8 Å². The lowest BCUT2D eigenvalue weighted by Crippen LogP contribution is -2.00. The minimum absolute atomic E-state index is 0.559. The molecule has 0 aliphatic carbocycles. The molecule has 0 atom stereocenters. The van der Waals surface area contributed by atoms with Crippen LogP contribution in [0.25, 0.3) is 0 Å². The highest BCUT2D eigenvalue weighted by Crippen LogP contribution is 2.23. The minimum Gasteiger partial charge on any atom is -0.369 e. The maximum Gasteiger partial charge on any atom is 0.198 e. The Kier molecular flexibility index (Phi) is 2.65. The van der Waals surface area contributed by atoms with Gasteiger partial charge in [0.05, 0.1) is 0 Å². The molecule has 4 heteroatoms. The Labute approximate surface area is 105 Å². The third-order valence-corrected chi connectivity index (χ3v) is 3.21. The molecule has 0 saturated carbocycles. The summed E-state index contributed by atoms with van der Waals surface area (Å²) < 4.78 is 0.559. The van der Waals surface area contributed by atoms with E-state index in [1.165, 1.54) is 16.8 Å². The van der Waals surface area contributed by atoms with Gasteiger partial charge in [0.15, 0.2) is 4.77 Å². The van der Waals surface area contributed by atoms with E-state index in [1.807, 2.05) is 6.07 Å². The first-order valence-corrected chi connectivity index (χ1v) is 6.13. The van der Waals surface area contributed by atoms with Gasteiger partial charge < -0.3 is 10.3 Å². The van der Waals surface area contributed by atoms with Crippen molar-refractivity contribution in [1.82, 2.24) is 9.97 Å². The van der Waals surface area contributed by atoms with Crippen LogP contribution in [0.3, 0.4) is 0 Å². The highest BCUT2D eigenvalue weighted by Gasteiger charge is 2.16. The summed E-state index contributed by atoms with van der Waals surface area (Å²) in [7, 11) is 0. The van der Waals surface area contributed by atoms with Crippen molar-refractivity contribution in [3.8, 4) is 0 Å². The Morgan fingerprint density at radius 1 is 1.24 bits per heavy atom. The maximum atomic E-state index is 5.15. The van der Waals surface area contributed by atoms with Crippen LogP contribution >= 0.6 is 12.2 Å². The smallest absolute Gasteiger partial charge is 0.198 e. The Hall–Kier alpha value is -1.68. The molecule has 1 aromatic heterocycles. The van der Waals surface area contributed by atoms with Gasteiger partial charge in [0.1, 0.15) is 5.82 Å². The minimum atomic E-state index is 0.559. The topological polar surface area (TPSA) is 40.7 Å². The molecule has 0 bridgehead atoms. The normalized spacial score (nSPS) is 13.2. The zero-order valence-electron chi connectivity index (χ0n) is 9.36. The number of H-pyrrole nitrogens is 1. The van der Waals surface area contributed by atoms with Gasteiger partial charge in [0, 0.05) is 24.2 Å². The molecule has 0 saturated heterocycles. The van der Waals surface area contributed by atoms with Crippen molar-refractivity contribution in [3.63, 3.8) is 0 Å². The number of nitrogens with one attached hydrogen (secondary N) is 2. The van der Waals surface area contributed by atoms with Gasteiger partial charge in [-0.05, 0) is 24.2 Å². The van der Waals surface area contributed by atoms with Gasteiger partial charge in [-0.15, -0.1) is 0 Å². The fourth-order valence-corrected chi connectivity index (χ4v) is 2.43. The van der Waals surface area contributed by atoms with Crippen molar-refractivity contribution < 1.29 is 0 Å². The second kappa shape index (κ2) is 4.30. The Balaban J connectivity index is 2.01. The van der Waals surface area contributed by atoms with E-state index >= 15 is 0 Å². The second-order valence-corrected chi connectivity index (χ2v) is 4.57. The third kappa shape index (κ3) is 2.08. The number of fused-ring (bicyclic) bond motifs is 1. The number of aromatic nitrogens is 2. The average Bonchev–Trinajstić information content (AvgIpc) is 2.78. The van der Waals surface area contributed by atoms with Crippen LogP contribution in [0.5, 0.6) is 0 Å². The van der Waals surface area contributed by atoms with Crippen LogP contribution in [0.15, 0.2) is 30.3 Å². The molecule has 0 radical (unpaired) electrons. The second-order valence-electron chi connectivity index (χ2n) is 4.19. The highest BCUT2D eigenvalue weighted by molar-refractivity contribution is 7.71. The molecule has 2 N–H and O–H groups in total. The Bertz CT molecular complexity index is 589. The van der Waals surface area contributed by atoms with Gasteiger partial charge in [-0.2, -0.15) is 0 Å². The number of nitrogens with zero attached hydrogens (tertiary/aromatic N) is 1. The molecule has 0 spiro atoms. The van der Waals surface area contributed by atoms with Crippen molar-refractivity contribution in [3.05, 3.63) is 51.9 Å². The van der Waals surface area contributed by atoms with Crippen LogP contribution in [0.1, 0.15) is 16.8 Å². The van der Waals surface area contributed by atoms with E-state index in [0.717, 1.165) is 25.2 Å². The molecule has 0 fully saturated rings. The fourth-order valence-electron chi connectivity index (χ4n) is 2.22. The van der Waals surface area contributed by atoms with E-state index in [1.54, 1.807) is 0 Å². The molecule has 0 unspecified atom stereocenters. The zero-order chi connectivity index (χ0) is 11.7. The van der Waals surface area contributed by atoms with Crippen LogP contribution in [-0.2, 0) is 12.8 Å². The van der Waals surface area contributed by atoms with Crippen molar-refractivity contribution in [1.29, 1.82) is 0 Å². The van der Waals surface area contributed by atoms with Gasteiger partial charge in [0.2, 0.25) is 0 Å². The average molecular weight is 243 g/mol. The van der Waals surface area contributed by atoms with Gasteiger partial charge in [-0.25, -0.2) is 4.98 Å². The van der Waals surface area contributed by atoms with E-state index in [2.05, 4.69) is 39.6 Å². The predicted octanol–water partition coefficient (Wildman–Crippen LogP) is 2.70. The number of hydrogen-bond acceptors (Lipinski definition) is 3. The maximum absolute atomic E-state index is 5.15. The monoisotopic (exact) mass is 243 g/mol. The molecule has 1 aliphatic heterocycles.